The number of carbonyl (C=O) groups is 1. The molecule has 0 N–H and O–H groups in total. The molecule has 1 aliphatic heterocycles. The van der Waals surface area contributed by atoms with Crippen LogP contribution in [0, 0.1) is 13.8 Å². The van der Waals surface area contributed by atoms with Gasteiger partial charge in [0.2, 0.25) is 5.91 Å². The zero-order chi connectivity index (χ0) is 16.9. The molecule has 3 rings (SSSR count). The highest BCUT2D eigenvalue weighted by atomic mass is 32.1. The molecule has 0 radical (unpaired) electrons. The fraction of sp³-hybridized carbons (Fsp3) is 0.500. The Labute approximate surface area is 146 Å². The van der Waals surface area contributed by atoms with Crippen LogP contribution in [-0.4, -0.2) is 40.0 Å². The number of ether oxygens (including phenoxy) is 1. The number of nitrogens with zero attached hydrogens (tertiary/aromatic N) is 3. The normalized spacial score (nSPS) is 15.7. The predicted octanol–water partition coefficient (Wildman–Crippen LogP) is 2.91. The lowest BCUT2D eigenvalue weighted by Gasteiger charge is -2.32. The first kappa shape index (κ1) is 17.0. The van der Waals surface area contributed by atoms with Crippen molar-refractivity contribution in [2.24, 2.45) is 0 Å². The molecule has 5 nitrogen and oxygen atoms in total. The van der Waals surface area contributed by atoms with Gasteiger partial charge in [-0.15, -0.1) is 11.3 Å². The SMILES string of the molecule is Cc1nc(CC(=O)N2CCC(OCc3ccccn3)CC2)c(C)s1. The topological polar surface area (TPSA) is 55.3 Å². The number of carbonyl (C=O) groups excluding carboxylic acids is 1. The number of hydrogen-bond acceptors (Lipinski definition) is 5. The second-order valence-electron chi connectivity index (χ2n) is 6.12. The van der Waals surface area contributed by atoms with Gasteiger partial charge in [0.05, 0.1) is 35.5 Å². The van der Waals surface area contributed by atoms with Crippen LogP contribution in [-0.2, 0) is 22.6 Å². The summed E-state index contributed by atoms with van der Waals surface area (Å²) in [4.78, 5) is 24.3. The molecule has 3 heterocycles. The number of amides is 1. The number of thiazole rings is 1. The summed E-state index contributed by atoms with van der Waals surface area (Å²) in [5.41, 5.74) is 1.88. The van der Waals surface area contributed by atoms with Crippen LogP contribution in [0.5, 0.6) is 0 Å². The first-order chi connectivity index (χ1) is 11.6. The van der Waals surface area contributed by atoms with Crippen LogP contribution in [0.2, 0.25) is 0 Å². The summed E-state index contributed by atoms with van der Waals surface area (Å²) in [5, 5.41) is 1.02. The van der Waals surface area contributed by atoms with Gasteiger partial charge in [0.15, 0.2) is 0 Å². The lowest BCUT2D eigenvalue weighted by Crippen LogP contribution is -2.41. The number of pyridine rings is 1. The van der Waals surface area contributed by atoms with Crippen molar-refractivity contribution in [2.45, 2.75) is 45.8 Å². The quantitative estimate of drug-likeness (QED) is 0.836. The van der Waals surface area contributed by atoms with Gasteiger partial charge in [-0.05, 0) is 38.8 Å². The molecule has 2 aromatic heterocycles. The van der Waals surface area contributed by atoms with Crippen LogP contribution in [0.1, 0.15) is 34.1 Å². The van der Waals surface area contributed by atoms with Crippen molar-refractivity contribution in [1.29, 1.82) is 0 Å². The minimum absolute atomic E-state index is 0.173. The third-order valence-corrected chi connectivity index (χ3v) is 5.23. The summed E-state index contributed by atoms with van der Waals surface area (Å²) < 4.78 is 5.93. The van der Waals surface area contributed by atoms with Crippen molar-refractivity contribution in [2.75, 3.05) is 13.1 Å². The average Bonchev–Trinajstić information content (AvgIpc) is 2.91. The highest BCUT2D eigenvalue weighted by molar-refractivity contribution is 7.11. The van der Waals surface area contributed by atoms with Crippen molar-refractivity contribution in [1.82, 2.24) is 14.9 Å². The van der Waals surface area contributed by atoms with Crippen LogP contribution < -0.4 is 0 Å². The second-order valence-corrected chi connectivity index (χ2v) is 7.53. The Morgan fingerprint density at radius 2 is 2.12 bits per heavy atom. The van der Waals surface area contributed by atoms with Crippen LogP contribution in [0.15, 0.2) is 24.4 Å². The molecule has 0 bridgehead atoms. The van der Waals surface area contributed by atoms with Crippen molar-refractivity contribution in [3.8, 4) is 0 Å². The van der Waals surface area contributed by atoms with Gasteiger partial charge in [-0.25, -0.2) is 4.98 Å². The highest BCUT2D eigenvalue weighted by Crippen LogP contribution is 2.20. The summed E-state index contributed by atoms with van der Waals surface area (Å²) in [6.07, 6.45) is 4.17. The first-order valence-electron chi connectivity index (χ1n) is 8.34. The number of hydrogen-bond donors (Lipinski definition) is 0. The fourth-order valence-corrected chi connectivity index (χ4v) is 3.78. The molecule has 0 aliphatic carbocycles. The molecular formula is C18H23N3O2S. The summed E-state index contributed by atoms with van der Waals surface area (Å²) in [7, 11) is 0. The standard InChI is InChI=1S/C18H23N3O2S/c1-13-17(20-14(2)24-13)11-18(22)21-9-6-16(7-10-21)23-12-15-5-3-4-8-19-15/h3-5,8,16H,6-7,9-12H2,1-2H3. The van der Waals surface area contributed by atoms with E-state index in [4.69, 9.17) is 4.74 Å². The predicted molar refractivity (Wildman–Crippen MR) is 93.9 cm³/mol. The van der Waals surface area contributed by atoms with Gasteiger partial charge < -0.3 is 9.64 Å². The number of rotatable bonds is 5. The molecule has 0 unspecified atom stereocenters. The molecule has 1 aliphatic rings. The number of aromatic nitrogens is 2. The van der Waals surface area contributed by atoms with E-state index in [0.29, 0.717) is 13.0 Å². The molecule has 128 valence electrons. The van der Waals surface area contributed by atoms with Gasteiger partial charge in [-0.1, -0.05) is 6.07 Å². The van der Waals surface area contributed by atoms with E-state index < -0.39 is 0 Å². The van der Waals surface area contributed by atoms with E-state index in [1.165, 1.54) is 0 Å². The van der Waals surface area contributed by atoms with Gasteiger partial charge in [0.1, 0.15) is 0 Å². The van der Waals surface area contributed by atoms with E-state index in [-0.39, 0.29) is 12.0 Å². The summed E-state index contributed by atoms with van der Waals surface area (Å²) in [5.74, 6) is 0.173. The lowest BCUT2D eigenvalue weighted by atomic mass is 10.1. The summed E-state index contributed by atoms with van der Waals surface area (Å²) in [6, 6.07) is 5.84. The summed E-state index contributed by atoms with van der Waals surface area (Å²) in [6.45, 7) is 6.07. The molecule has 6 heteroatoms. The third-order valence-electron chi connectivity index (χ3n) is 4.31. The molecule has 1 amide bonds. The smallest absolute Gasteiger partial charge is 0.228 e. The Balaban J connectivity index is 1.44. The van der Waals surface area contributed by atoms with Gasteiger partial charge in [0, 0.05) is 24.2 Å². The molecule has 2 aromatic rings. The van der Waals surface area contributed by atoms with Crippen molar-refractivity contribution in [3.05, 3.63) is 45.7 Å². The van der Waals surface area contributed by atoms with Gasteiger partial charge in [-0.2, -0.15) is 0 Å². The largest absolute Gasteiger partial charge is 0.372 e. The monoisotopic (exact) mass is 345 g/mol. The fourth-order valence-electron chi connectivity index (χ4n) is 2.95. The van der Waals surface area contributed by atoms with Crippen LogP contribution in [0.25, 0.3) is 0 Å². The van der Waals surface area contributed by atoms with Gasteiger partial charge in [0.25, 0.3) is 0 Å². The van der Waals surface area contributed by atoms with Crippen molar-refractivity contribution < 1.29 is 9.53 Å². The molecule has 0 spiro atoms. The van der Waals surface area contributed by atoms with Crippen LogP contribution in [0.3, 0.4) is 0 Å². The maximum absolute atomic E-state index is 12.5. The maximum atomic E-state index is 12.5. The zero-order valence-electron chi connectivity index (χ0n) is 14.2. The highest BCUT2D eigenvalue weighted by Gasteiger charge is 2.24. The minimum Gasteiger partial charge on any atom is -0.372 e. The number of likely N-dealkylation sites (tertiary alicyclic amines) is 1. The van der Waals surface area contributed by atoms with Crippen LogP contribution >= 0.6 is 11.3 Å². The van der Waals surface area contributed by atoms with Gasteiger partial charge in [-0.3, -0.25) is 9.78 Å². The molecule has 0 saturated carbocycles. The Kier molecular flexibility index (Phi) is 5.58. The molecule has 0 atom stereocenters. The lowest BCUT2D eigenvalue weighted by molar-refractivity contribution is -0.133. The van der Waals surface area contributed by atoms with E-state index in [2.05, 4.69) is 9.97 Å². The maximum Gasteiger partial charge on any atom is 0.228 e. The number of piperidine rings is 1. The summed E-state index contributed by atoms with van der Waals surface area (Å²) >= 11 is 1.65. The average molecular weight is 345 g/mol. The van der Waals surface area contributed by atoms with E-state index in [0.717, 1.165) is 47.2 Å². The minimum atomic E-state index is 0.173. The van der Waals surface area contributed by atoms with Crippen molar-refractivity contribution in [3.63, 3.8) is 0 Å². The molecule has 0 aromatic carbocycles. The Hall–Kier alpha value is -1.79. The van der Waals surface area contributed by atoms with Crippen LogP contribution in [0.4, 0.5) is 0 Å². The second kappa shape index (κ2) is 7.85. The number of aryl methyl sites for hydroxylation is 2. The Morgan fingerprint density at radius 3 is 2.75 bits per heavy atom. The Bertz CT molecular complexity index is 679. The zero-order valence-corrected chi connectivity index (χ0v) is 15.0. The molecule has 1 saturated heterocycles. The van der Waals surface area contributed by atoms with Gasteiger partial charge >= 0.3 is 0 Å². The molecular weight excluding hydrogens is 322 g/mol. The Morgan fingerprint density at radius 1 is 1.33 bits per heavy atom. The van der Waals surface area contributed by atoms with E-state index in [1.807, 2.05) is 36.9 Å². The molecule has 24 heavy (non-hydrogen) atoms. The van der Waals surface area contributed by atoms with Crippen molar-refractivity contribution >= 4 is 17.2 Å². The van der Waals surface area contributed by atoms with E-state index in [9.17, 15) is 4.79 Å². The van der Waals surface area contributed by atoms with E-state index in [1.54, 1.807) is 17.5 Å². The molecule has 1 fully saturated rings. The van der Waals surface area contributed by atoms with E-state index >= 15 is 0 Å². The first-order valence-corrected chi connectivity index (χ1v) is 9.15. The third kappa shape index (κ3) is 4.39.